The number of hydrazone groups is 1. The van der Waals surface area contributed by atoms with Crippen molar-refractivity contribution in [3.63, 3.8) is 0 Å². The molecule has 0 saturated heterocycles. The molecule has 0 spiro atoms. The third kappa shape index (κ3) is 3.49. The number of hydrogen-bond donors (Lipinski definition) is 1. The van der Waals surface area contributed by atoms with Crippen LogP contribution in [0.2, 0.25) is 0 Å². The number of benzene rings is 2. The molecule has 0 aliphatic heterocycles. The van der Waals surface area contributed by atoms with Gasteiger partial charge in [0.05, 0.1) is 13.3 Å². The van der Waals surface area contributed by atoms with Crippen molar-refractivity contribution in [2.24, 2.45) is 5.10 Å². The van der Waals surface area contributed by atoms with E-state index in [1.54, 1.807) is 25.5 Å². The van der Waals surface area contributed by atoms with Gasteiger partial charge in [-0.2, -0.15) is 5.10 Å². The van der Waals surface area contributed by atoms with Crippen LogP contribution in [-0.4, -0.2) is 19.2 Å². The first-order chi connectivity index (χ1) is 11.6. The minimum absolute atomic E-state index is 0.215. The van der Waals surface area contributed by atoms with Gasteiger partial charge >= 0.3 is 5.91 Å². The summed E-state index contributed by atoms with van der Waals surface area (Å²) in [5.41, 5.74) is 5.02. The summed E-state index contributed by atoms with van der Waals surface area (Å²) in [5, 5.41) is 4.84. The Bertz CT molecular complexity index is 931. The number of furan rings is 1. The second kappa shape index (κ2) is 6.88. The average Bonchev–Trinajstić information content (AvgIpc) is 2.99. The van der Waals surface area contributed by atoms with Gasteiger partial charge in [-0.25, -0.2) is 5.43 Å². The summed E-state index contributed by atoms with van der Waals surface area (Å²) in [6, 6.07) is 12.9. The van der Waals surface area contributed by atoms with E-state index in [4.69, 9.17) is 9.15 Å². The van der Waals surface area contributed by atoms with Gasteiger partial charge in [-0.15, -0.1) is 0 Å². The fourth-order valence-electron chi connectivity index (χ4n) is 2.26. The zero-order chi connectivity index (χ0) is 17.1. The molecule has 24 heavy (non-hydrogen) atoms. The lowest BCUT2D eigenvalue weighted by Crippen LogP contribution is -2.16. The zero-order valence-electron chi connectivity index (χ0n) is 13.2. The maximum atomic E-state index is 12.1. The van der Waals surface area contributed by atoms with E-state index in [0.29, 0.717) is 5.58 Å². The molecule has 0 unspecified atom stereocenters. The number of nitrogens with zero attached hydrogens (tertiary/aromatic N) is 1. The van der Waals surface area contributed by atoms with E-state index >= 15 is 0 Å². The predicted molar refractivity (Wildman–Crippen MR) is 96.7 cm³/mol. The largest absolute Gasteiger partial charge is 0.497 e. The van der Waals surface area contributed by atoms with E-state index in [-0.39, 0.29) is 5.76 Å². The number of carbonyl (C=O) groups excluding carboxylic acids is 1. The van der Waals surface area contributed by atoms with Gasteiger partial charge < -0.3 is 9.15 Å². The Morgan fingerprint density at radius 1 is 1.25 bits per heavy atom. The van der Waals surface area contributed by atoms with E-state index < -0.39 is 5.91 Å². The van der Waals surface area contributed by atoms with E-state index in [9.17, 15) is 4.79 Å². The molecule has 0 bridgehead atoms. The van der Waals surface area contributed by atoms with Gasteiger partial charge in [0.2, 0.25) is 0 Å². The van der Waals surface area contributed by atoms with Crippen LogP contribution in [0, 0.1) is 6.92 Å². The lowest BCUT2D eigenvalue weighted by atomic mass is 10.1. The standard InChI is InChI=1S/C18H15BrN2O3/c1-11-7-15(23-2)5-3-12(11)10-20-21-18(22)17-9-13-8-14(19)4-6-16(13)24-17/h3-10H,1-2H3,(H,21,22)/b20-10+. The lowest BCUT2D eigenvalue weighted by Gasteiger charge is -2.03. The van der Waals surface area contributed by atoms with E-state index in [2.05, 4.69) is 26.5 Å². The first-order valence-electron chi connectivity index (χ1n) is 7.24. The van der Waals surface area contributed by atoms with Gasteiger partial charge in [0.15, 0.2) is 5.76 Å². The normalized spacial score (nSPS) is 11.1. The number of nitrogens with one attached hydrogen (secondary N) is 1. The van der Waals surface area contributed by atoms with Crippen LogP contribution in [0.15, 0.2) is 56.5 Å². The summed E-state index contributed by atoms with van der Waals surface area (Å²) in [5.74, 6) is 0.596. The second-order valence-corrected chi connectivity index (χ2v) is 6.13. The first-order valence-corrected chi connectivity index (χ1v) is 8.03. The minimum Gasteiger partial charge on any atom is -0.497 e. The van der Waals surface area contributed by atoms with Crippen molar-refractivity contribution in [1.82, 2.24) is 5.43 Å². The van der Waals surface area contributed by atoms with Gasteiger partial charge in [-0.05, 0) is 60.5 Å². The molecule has 1 N–H and O–H groups in total. The van der Waals surface area contributed by atoms with Crippen LogP contribution in [0.3, 0.4) is 0 Å². The predicted octanol–water partition coefficient (Wildman–Crippen LogP) is 4.28. The highest BCUT2D eigenvalue weighted by Gasteiger charge is 2.11. The highest BCUT2D eigenvalue weighted by molar-refractivity contribution is 9.10. The number of aryl methyl sites for hydroxylation is 1. The summed E-state index contributed by atoms with van der Waals surface area (Å²) < 4.78 is 11.6. The van der Waals surface area contributed by atoms with Crippen LogP contribution >= 0.6 is 15.9 Å². The van der Waals surface area contributed by atoms with Crippen LogP contribution < -0.4 is 10.2 Å². The fraction of sp³-hybridized carbons (Fsp3) is 0.111. The van der Waals surface area contributed by atoms with E-state index in [1.165, 1.54) is 0 Å². The monoisotopic (exact) mass is 386 g/mol. The molecule has 122 valence electrons. The Morgan fingerprint density at radius 3 is 2.83 bits per heavy atom. The molecular weight excluding hydrogens is 372 g/mol. The molecule has 1 aromatic heterocycles. The quantitative estimate of drug-likeness (QED) is 0.537. The molecule has 0 atom stereocenters. The molecule has 0 fully saturated rings. The highest BCUT2D eigenvalue weighted by atomic mass is 79.9. The van der Waals surface area contributed by atoms with Crippen molar-refractivity contribution in [3.8, 4) is 5.75 Å². The Labute approximate surface area is 147 Å². The molecule has 1 amide bonds. The van der Waals surface area contributed by atoms with Gasteiger partial charge in [-0.3, -0.25) is 4.79 Å². The van der Waals surface area contributed by atoms with Crippen molar-refractivity contribution in [1.29, 1.82) is 0 Å². The first kappa shape index (κ1) is 16.3. The zero-order valence-corrected chi connectivity index (χ0v) is 14.8. The molecule has 6 heteroatoms. The Kier molecular flexibility index (Phi) is 4.66. The fourth-order valence-corrected chi connectivity index (χ4v) is 2.64. The molecule has 0 aliphatic carbocycles. The Morgan fingerprint density at radius 2 is 2.08 bits per heavy atom. The third-order valence-electron chi connectivity index (χ3n) is 3.55. The number of carbonyl (C=O) groups is 1. The number of rotatable bonds is 4. The number of fused-ring (bicyclic) bond motifs is 1. The lowest BCUT2D eigenvalue weighted by molar-refractivity contribution is 0.0929. The van der Waals surface area contributed by atoms with Crippen molar-refractivity contribution in [2.45, 2.75) is 6.92 Å². The van der Waals surface area contributed by atoms with Gasteiger partial charge in [-0.1, -0.05) is 15.9 Å². The van der Waals surface area contributed by atoms with Gasteiger partial charge in [0.1, 0.15) is 11.3 Å². The van der Waals surface area contributed by atoms with Crippen LogP contribution in [0.1, 0.15) is 21.7 Å². The summed E-state index contributed by atoms with van der Waals surface area (Å²) in [4.78, 5) is 12.1. The summed E-state index contributed by atoms with van der Waals surface area (Å²) in [6.07, 6.45) is 1.59. The van der Waals surface area contributed by atoms with Crippen molar-refractivity contribution >= 4 is 39.0 Å². The van der Waals surface area contributed by atoms with Crippen molar-refractivity contribution < 1.29 is 13.9 Å². The van der Waals surface area contributed by atoms with Gasteiger partial charge in [0.25, 0.3) is 0 Å². The van der Waals surface area contributed by atoms with E-state index in [1.807, 2.05) is 37.3 Å². The SMILES string of the molecule is COc1ccc(/C=N/NC(=O)c2cc3cc(Br)ccc3o2)c(C)c1. The molecule has 0 radical (unpaired) electrons. The Hall–Kier alpha value is -2.60. The number of hydrogen-bond acceptors (Lipinski definition) is 4. The molecular formula is C18H15BrN2O3. The average molecular weight is 387 g/mol. The maximum absolute atomic E-state index is 12.1. The second-order valence-electron chi connectivity index (χ2n) is 5.21. The molecule has 0 aliphatic rings. The third-order valence-corrected chi connectivity index (χ3v) is 4.04. The van der Waals surface area contributed by atoms with Crippen LogP contribution in [-0.2, 0) is 0 Å². The number of amides is 1. The van der Waals surface area contributed by atoms with E-state index in [0.717, 1.165) is 26.7 Å². The smallest absolute Gasteiger partial charge is 0.307 e. The van der Waals surface area contributed by atoms with Crippen LogP contribution in [0.25, 0.3) is 11.0 Å². The molecule has 2 aromatic carbocycles. The summed E-state index contributed by atoms with van der Waals surface area (Å²) in [6.45, 7) is 1.95. The summed E-state index contributed by atoms with van der Waals surface area (Å²) >= 11 is 3.39. The van der Waals surface area contributed by atoms with Crippen LogP contribution in [0.4, 0.5) is 0 Å². The maximum Gasteiger partial charge on any atom is 0.307 e. The molecule has 1 heterocycles. The topological polar surface area (TPSA) is 63.8 Å². The number of halogens is 1. The summed E-state index contributed by atoms with van der Waals surface area (Å²) in [7, 11) is 1.62. The molecule has 3 rings (SSSR count). The minimum atomic E-state index is -0.398. The molecule has 5 nitrogen and oxygen atoms in total. The van der Waals surface area contributed by atoms with Crippen molar-refractivity contribution in [3.05, 3.63) is 63.8 Å². The highest BCUT2D eigenvalue weighted by Crippen LogP contribution is 2.23. The van der Waals surface area contributed by atoms with Gasteiger partial charge in [0, 0.05) is 9.86 Å². The Balaban J connectivity index is 1.72. The van der Waals surface area contributed by atoms with Crippen LogP contribution in [0.5, 0.6) is 5.75 Å². The molecule has 0 saturated carbocycles. The number of methoxy groups -OCH3 is 1. The number of ether oxygens (including phenoxy) is 1. The molecule has 3 aromatic rings. The van der Waals surface area contributed by atoms with Crippen molar-refractivity contribution in [2.75, 3.05) is 7.11 Å².